The van der Waals surface area contributed by atoms with Crippen molar-refractivity contribution in [3.63, 3.8) is 0 Å². The number of fused-ring (bicyclic) bond motifs is 1. The molecular formula is C18H20N2O4S. The summed E-state index contributed by atoms with van der Waals surface area (Å²) in [6.45, 7) is 6.30. The standard InChI is InChI=1S/C18H20N2O4S/c1-4-23-13-8-6-12(7-9-13)16-15(17(22)24-5-2)11(3)19-18-20(16)14(21)10-25-18/h6-9,16H,4-5,10H2,1-3H3/t16-/m0/s1. The van der Waals surface area contributed by atoms with Gasteiger partial charge in [-0.2, -0.15) is 0 Å². The number of ether oxygens (including phenoxy) is 2. The van der Waals surface area contributed by atoms with Crippen molar-refractivity contribution >= 4 is 28.8 Å². The zero-order valence-electron chi connectivity index (χ0n) is 14.4. The van der Waals surface area contributed by atoms with Gasteiger partial charge in [0.1, 0.15) is 5.75 Å². The van der Waals surface area contributed by atoms with Crippen LogP contribution in [0.25, 0.3) is 0 Å². The highest BCUT2D eigenvalue weighted by Crippen LogP contribution is 2.41. The van der Waals surface area contributed by atoms with Crippen molar-refractivity contribution in [2.75, 3.05) is 19.0 Å². The van der Waals surface area contributed by atoms with E-state index in [0.717, 1.165) is 11.3 Å². The van der Waals surface area contributed by atoms with Crippen LogP contribution in [0, 0.1) is 0 Å². The molecule has 1 aromatic rings. The number of hydrogen-bond donors (Lipinski definition) is 0. The Hall–Kier alpha value is -2.28. The first-order chi connectivity index (χ1) is 12.1. The number of allylic oxidation sites excluding steroid dienone is 1. The first kappa shape index (κ1) is 17.5. The molecule has 0 N–H and O–H groups in total. The third-order valence-electron chi connectivity index (χ3n) is 3.99. The van der Waals surface area contributed by atoms with Gasteiger partial charge in [0.2, 0.25) is 5.91 Å². The van der Waals surface area contributed by atoms with Gasteiger partial charge in [0.05, 0.1) is 36.3 Å². The van der Waals surface area contributed by atoms with Crippen LogP contribution >= 0.6 is 11.8 Å². The van der Waals surface area contributed by atoms with Gasteiger partial charge in [-0.15, -0.1) is 0 Å². The molecule has 6 nitrogen and oxygen atoms in total. The van der Waals surface area contributed by atoms with Crippen LogP contribution in [0.4, 0.5) is 0 Å². The Balaban J connectivity index is 2.06. The number of carbonyl (C=O) groups excluding carboxylic acids is 2. The summed E-state index contributed by atoms with van der Waals surface area (Å²) in [5.41, 5.74) is 1.82. The molecule has 2 heterocycles. The number of esters is 1. The van der Waals surface area contributed by atoms with Gasteiger partial charge >= 0.3 is 5.97 Å². The molecule has 0 aliphatic carbocycles. The van der Waals surface area contributed by atoms with Crippen molar-refractivity contribution in [2.24, 2.45) is 4.99 Å². The second-order valence-corrected chi connectivity index (χ2v) is 6.51. The lowest BCUT2D eigenvalue weighted by atomic mass is 9.94. The summed E-state index contributed by atoms with van der Waals surface area (Å²) in [7, 11) is 0. The lowest BCUT2D eigenvalue weighted by molar-refractivity contribution is -0.139. The highest BCUT2D eigenvalue weighted by atomic mass is 32.2. The van der Waals surface area contributed by atoms with E-state index in [9.17, 15) is 9.59 Å². The maximum absolute atomic E-state index is 12.5. The summed E-state index contributed by atoms with van der Waals surface area (Å²) in [5, 5.41) is 0.634. The topological polar surface area (TPSA) is 68.2 Å². The van der Waals surface area contributed by atoms with Crippen LogP contribution in [0.5, 0.6) is 5.75 Å². The van der Waals surface area contributed by atoms with E-state index in [1.807, 2.05) is 31.2 Å². The Morgan fingerprint density at radius 3 is 2.64 bits per heavy atom. The monoisotopic (exact) mass is 360 g/mol. The van der Waals surface area contributed by atoms with Gasteiger partial charge in [-0.05, 0) is 38.5 Å². The van der Waals surface area contributed by atoms with Gasteiger partial charge in [0, 0.05) is 0 Å². The highest BCUT2D eigenvalue weighted by Gasteiger charge is 2.43. The number of carbonyl (C=O) groups is 2. The molecule has 2 aliphatic rings. The molecule has 0 bridgehead atoms. The van der Waals surface area contributed by atoms with Crippen molar-refractivity contribution in [2.45, 2.75) is 26.8 Å². The fourth-order valence-electron chi connectivity index (χ4n) is 2.94. The fraction of sp³-hybridized carbons (Fsp3) is 0.389. The Kier molecular flexibility index (Phi) is 5.13. The van der Waals surface area contributed by atoms with Gasteiger partial charge in [0.15, 0.2) is 5.17 Å². The molecule has 132 valence electrons. The van der Waals surface area contributed by atoms with Gasteiger partial charge in [0.25, 0.3) is 0 Å². The van der Waals surface area contributed by atoms with Crippen LogP contribution in [0.1, 0.15) is 32.4 Å². The van der Waals surface area contributed by atoms with Crippen LogP contribution in [-0.4, -0.2) is 40.9 Å². The largest absolute Gasteiger partial charge is 0.494 e. The summed E-state index contributed by atoms with van der Waals surface area (Å²) in [5.74, 6) is 0.579. The third kappa shape index (κ3) is 3.28. The predicted octanol–water partition coefficient (Wildman–Crippen LogP) is 2.91. The quantitative estimate of drug-likeness (QED) is 0.755. The first-order valence-corrected chi connectivity index (χ1v) is 9.19. The van der Waals surface area contributed by atoms with E-state index < -0.39 is 12.0 Å². The van der Waals surface area contributed by atoms with E-state index >= 15 is 0 Å². The van der Waals surface area contributed by atoms with Crippen LogP contribution < -0.4 is 4.74 Å². The summed E-state index contributed by atoms with van der Waals surface area (Å²) < 4.78 is 10.7. The number of aliphatic imine (C=N–C) groups is 1. The number of nitrogens with zero attached hydrogens (tertiary/aromatic N) is 2. The number of benzene rings is 1. The predicted molar refractivity (Wildman–Crippen MR) is 96.4 cm³/mol. The van der Waals surface area contributed by atoms with E-state index in [1.54, 1.807) is 18.7 Å². The van der Waals surface area contributed by atoms with Gasteiger partial charge < -0.3 is 9.47 Å². The molecular weight excluding hydrogens is 340 g/mol. The molecule has 0 spiro atoms. The maximum atomic E-state index is 12.5. The molecule has 0 unspecified atom stereocenters. The maximum Gasteiger partial charge on any atom is 0.338 e. The minimum atomic E-state index is -0.523. The first-order valence-electron chi connectivity index (χ1n) is 8.21. The summed E-state index contributed by atoms with van der Waals surface area (Å²) in [6, 6.07) is 6.92. The molecule has 0 radical (unpaired) electrons. The van der Waals surface area contributed by atoms with Gasteiger partial charge in [-0.1, -0.05) is 23.9 Å². The molecule has 1 amide bonds. The normalized spacial score (nSPS) is 19.6. The van der Waals surface area contributed by atoms with Crippen LogP contribution in [-0.2, 0) is 14.3 Å². The van der Waals surface area contributed by atoms with E-state index in [-0.39, 0.29) is 12.5 Å². The van der Waals surface area contributed by atoms with Crippen molar-refractivity contribution in [3.8, 4) is 5.75 Å². The second kappa shape index (κ2) is 7.31. The van der Waals surface area contributed by atoms with E-state index in [0.29, 0.717) is 28.8 Å². The molecule has 25 heavy (non-hydrogen) atoms. The zero-order chi connectivity index (χ0) is 18.0. The smallest absolute Gasteiger partial charge is 0.338 e. The fourth-order valence-corrected chi connectivity index (χ4v) is 3.88. The number of amidine groups is 1. The molecule has 1 fully saturated rings. The van der Waals surface area contributed by atoms with Crippen molar-refractivity contribution < 1.29 is 19.1 Å². The molecule has 1 atom stereocenters. The third-order valence-corrected chi connectivity index (χ3v) is 4.92. The number of thioether (sulfide) groups is 1. The Morgan fingerprint density at radius 2 is 2.00 bits per heavy atom. The average Bonchev–Trinajstić information content (AvgIpc) is 2.95. The minimum Gasteiger partial charge on any atom is -0.494 e. The molecule has 1 aromatic carbocycles. The second-order valence-electron chi connectivity index (χ2n) is 5.57. The lowest BCUT2D eigenvalue weighted by Crippen LogP contribution is -2.39. The molecule has 7 heteroatoms. The van der Waals surface area contributed by atoms with Crippen molar-refractivity contribution in [1.29, 1.82) is 0 Å². The number of amides is 1. The van der Waals surface area contributed by atoms with Crippen LogP contribution in [0.2, 0.25) is 0 Å². The van der Waals surface area contributed by atoms with Gasteiger partial charge in [-0.3, -0.25) is 9.69 Å². The van der Waals surface area contributed by atoms with E-state index in [1.165, 1.54) is 11.8 Å². The molecule has 3 rings (SSSR count). The average molecular weight is 360 g/mol. The Labute approximate surface area is 150 Å². The summed E-state index contributed by atoms with van der Waals surface area (Å²) in [4.78, 5) is 31.0. The number of rotatable bonds is 5. The molecule has 2 aliphatic heterocycles. The molecule has 0 saturated carbocycles. The zero-order valence-corrected chi connectivity index (χ0v) is 15.3. The number of hydrogen-bond acceptors (Lipinski definition) is 6. The summed E-state index contributed by atoms with van der Waals surface area (Å²) in [6.07, 6.45) is 0. The Bertz CT molecular complexity index is 755. The van der Waals surface area contributed by atoms with Crippen molar-refractivity contribution in [3.05, 3.63) is 41.1 Å². The highest BCUT2D eigenvalue weighted by molar-refractivity contribution is 8.15. The van der Waals surface area contributed by atoms with Crippen LogP contribution in [0.3, 0.4) is 0 Å². The Morgan fingerprint density at radius 1 is 1.28 bits per heavy atom. The van der Waals surface area contributed by atoms with Gasteiger partial charge in [-0.25, -0.2) is 9.79 Å². The van der Waals surface area contributed by atoms with Crippen molar-refractivity contribution in [1.82, 2.24) is 4.90 Å². The van der Waals surface area contributed by atoms with Crippen LogP contribution in [0.15, 0.2) is 40.5 Å². The minimum absolute atomic E-state index is 0.0584. The van der Waals surface area contributed by atoms with E-state index in [4.69, 9.17) is 9.47 Å². The SMILES string of the molecule is CCOC(=O)C1=C(C)N=C2SCC(=O)N2[C@H]1c1ccc(OCC)cc1. The summed E-state index contributed by atoms with van der Waals surface area (Å²) >= 11 is 1.39. The molecule has 1 saturated heterocycles. The van der Waals surface area contributed by atoms with E-state index in [2.05, 4.69) is 4.99 Å². The molecule has 0 aromatic heterocycles. The lowest BCUT2D eigenvalue weighted by Gasteiger charge is -2.32.